The Balaban J connectivity index is 1.87. The van der Waals surface area contributed by atoms with Crippen LogP contribution in [0.5, 0.6) is 11.5 Å². The fraction of sp³-hybridized carbons (Fsp3) is 0.286. The van der Waals surface area contributed by atoms with Crippen molar-refractivity contribution in [1.29, 1.82) is 0 Å². The predicted molar refractivity (Wildman–Crippen MR) is 112 cm³/mol. The van der Waals surface area contributed by atoms with Crippen molar-refractivity contribution in [1.82, 2.24) is 4.90 Å². The lowest BCUT2D eigenvalue weighted by molar-refractivity contribution is -0.120. The molecule has 8 heteroatoms. The van der Waals surface area contributed by atoms with Gasteiger partial charge in [-0.15, -0.1) is 0 Å². The number of anilines is 1. The highest BCUT2D eigenvalue weighted by molar-refractivity contribution is 7.98. The fourth-order valence-electron chi connectivity index (χ4n) is 3.24. The molecule has 152 valence electrons. The van der Waals surface area contributed by atoms with E-state index >= 15 is 0 Å². The van der Waals surface area contributed by atoms with Crippen molar-refractivity contribution in [3.05, 3.63) is 53.6 Å². The molecular weight excluding hydrogens is 392 g/mol. The number of nitrogens with one attached hydrogen (secondary N) is 1. The van der Waals surface area contributed by atoms with E-state index in [2.05, 4.69) is 5.32 Å². The van der Waals surface area contributed by atoms with E-state index in [4.69, 9.17) is 9.47 Å². The van der Waals surface area contributed by atoms with E-state index in [0.717, 1.165) is 4.90 Å². The van der Waals surface area contributed by atoms with Crippen molar-refractivity contribution in [2.75, 3.05) is 31.5 Å². The van der Waals surface area contributed by atoms with Crippen molar-refractivity contribution < 1.29 is 23.9 Å². The molecule has 0 saturated carbocycles. The number of hydrogen-bond acceptors (Lipinski definition) is 6. The maximum atomic E-state index is 13.1. The summed E-state index contributed by atoms with van der Waals surface area (Å²) in [5.41, 5.74) is 1.13. The van der Waals surface area contributed by atoms with Gasteiger partial charge in [0.1, 0.15) is 6.04 Å². The van der Waals surface area contributed by atoms with Crippen LogP contribution < -0.4 is 14.8 Å². The maximum absolute atomic E-state index is 13.1. The minimum atomic E-state index is -0.914. The Morgan fingerprint density at radius 1 is 1.03 bits per heavy atom. The Bertz CT molecular complexity index is 911. The number of benzene rings is 2. The summed E-state index contributed by atoms with van der Waals surface area (Å²) in [5.74, 6) is 0.299. The van der Waals surface area contributed by atoms with Gasteiger partial charge in [-0.05, 0) is 42.7 Å². The van der Waals surface area contributed by atoms with E-state index in [1.807, 2.05) is 6.26 Å². The Labute approximate surface area is 173 Å². The van der Waals surface area contributed by atoms with E-state index in [1.165, 1.54) is 14.2 Å². The molecule has 7 nitrogen and oxygen atoms in total. The fourth-order valence-corrected chi connectivity index (χ4v) is 3.70. The molecule has 1 atom stereocenters. The quantitative estimate of drug-likeness (QED) is 0.669. The van der Waals surface area contributed by atoms with Crippen molar-refractivity contribution in [2.24, 2.45) is 0 Å². The normalized spacial score (nSPS) is 13.8. The first-order valence-corrected chi connectivity index (χ1v) is 10.4. The number of ether oxygens (including phenoxy) is 2. The van der Waals surface area contributed by atoms with Crippen LogP contribution in [0.25, 0.3) is 0 Å². The van der Waals surface area contributed by atoms with Gasteiger partial charge in [0.05, 0.1) is 25.3 Å². The standard InChI is InChI=1S/C21H22N2O5S/c1-27-17-9-8-13(12-18(17)28-2)22-19(24)16(10-11-29-3)23-20(25)14-6-4-5-7-15(14)21(23)26/h4-9,12,16H,10-11H2,1-3H3,(H,22,24)/t16-/m0/s1. The summed E-state index contributed by atoms with van der Waals surface area (Å²) < 4.78 is 10.5. The van der Waals surface area contributed by atoms with Crippen LogP contribution in [0, 0.1) is 0 Å². The number of carbonyl (C=O) groups is 3. The molecule has 0 spiro atoms. The summed E-state index contributed by atoms with van der Waals surface area (Å²) in [6.07, 6.45) is 2.26. The van der Waals surface area contributed by atoms with Gasteiger partial charge < -0.3 is 14.8 Å². The molecule has 1 aliphatic rings. The topological polar surface area (TPSA) is 84.9 Å². The van der Waals surface area contributed by atoms with Crippen LogP contribution >= 0.6 is 11.8 Å². The average Bonchev–Trinajstić information content (AvgIpc) is 2.99. The number of carbonyl (C=O) groups excluding carboxylic acids is 3. The third kappa shape index (κ3) is 4.07. The monoisotopic (exact) mass is 414 g/mol. The largest absolute Gasteiger partial charge is 0.493 e. The molecule has 2 aromatic carbocycles. The second-order valence-electron chi connectivity index (χ2n) is 6.38. The molecule has 3 rings (SSSR count). The molecule has 0 aromatic heterocycles. The lowest BCUT2D eigenvalue weighted by Gasteiger charge is -2.25. The molecule has 0 fully saturated rings. The first-order valence-electron chi connectivity index (χ1n) is 9.00. The second kappa shape index (κ2) is 9.00. The number of methoxy groups -OCH3 is 2. The van der Waals surface area contributed by atoms with Gasteiger partial charge in [0, 0.05) is 11.8 Å². The molecule has 29 heavy (non-hydrogen) atoms. The maximum Gasteiger partial charge on any atom is 0.262 e. The van der Waals surface area contributed by atoms with Crippen molar-refractivity contribution >= 4 is 35.2 Å². The Hall–Kier alpha value is -3.00. The van der Waals surface area contributed by atoms with Gasteiger partial charge in [0.15, 0.2) is 11.5 Å². The highest BCUT2D eigenvalue weighted by Gasteiger charge is 2.42. The molecule has 1 aliphatic heterocycles. The van der Waals surface area contributed by atoms with Crippen LogP contribution in [0.2, 0.25) is 0 Å². The van der Waals surface area contributed by atoms with Gasteiger partial charge in [0.2, 0.25) is 5.91 Å². The van der Waals surface area contributed by atoms with E-state index in [9.17, 15) is 14.4 Å². The van der Waals surface area contributed by atoms with E-state index in [1.54, 1.807) is 54.2 Å². The van der Waals surface area contributed by atoms with Crippen molar-refractivity contribution in [3.8, 4) is 11.5 Å². The zero-order valence-corrected chi connectivity index (χ0v) is 17.2. The summed E-state index contributed by atoms with van der Waals surface area (Å²) >= 11 is 1.54. The molecular formula is C21H22N2O5S. The van der Waals surface area contributed by atoms with Crippen molar-refractivity contribution in [2.45, 2.75) is 12.5 Å². The Morgan fingerprint density at radius 2 is 1.66 bits per heavy atom. The van der Waals surface area contributed by atoms with Crippen LogP contribution in [0.3, 0.4) is 0 Å². The smallest absolute Gasteiger partial charge is 0.262 e. The molecule has 0 radical (unpaired) electrons. The van der Waals surface area contributed by atoms with E-state index in [-0.39, 0.29) is 0 Å². The summed E-state index contributed by atoms with van der Waals surface area (Å²) in [4.78, 5) is 39.8. The van der Waals surface area contributed by atoms with Crippen LogP contribution in [-0.2, 0) is 4.79 Å². The average molecular weight is 414 g/mol. The first-order chi connectivity index (χ1) is 14.0. The SMILES string of the molecule is COc1ccc(NC(=O)[C@H](CCSC)N2C(=O)c3ccccc3C2=O)cc1OC. The molecule has 1 heterocycles. The van der Waals surface area contributed by atoms with E-state index in [0.29, 0.717) is 40.5 Å². The minimum absolute atomic E-state index is 0.325. The van der Waals surface area contributed by atoms with Gasteiger partial charge in [-0.25, -0.2) is 0 Å². The molecule has 2 aromatic rings. The molecule has 3 amide bonds. The van der Waals surface area contributed by atoms with Crippen molar-refractivity contribution in [3.63, 3.8) is 0 Å². The highest BCUT2D eigenvalue weighted by atomic mass is 32.2. The zero-order chi connectivity index (χ0) is 21.0. The predicted octanol–water partition coefficient (Wildman–Crippen LogP) is 3.06. The van der Waals surface area contributed by atoms with Crippen LogP contribution in [0.4, 0.5) is 5.69 Å². The number of thioether (sulfide) groups is 1. The summed E-state index contributed by atoms with van der Waals surface area (Å²) in [7, 11) is 3.03. The molecule has 0 saturated heterocycles. The number of nitrogens with zero attached hydrogens (tertiary/aromatic N) is 1. The van der Waals surface area contributed by atoms with Crippen LogP contribution in [-0.4, -0.2) is 54.9 Å². The van der Waals surface area contributed by atoms with Gasteiger partial charge in [-0.2, -0.15) is 11.8 Å². The summed E-state index contributed by atoms with van der Waals surface area (Å²) in [6, 6.07) is 10.7. The first kappa shape index (κ1) is 20.7. The summed E-state index contributed by atoms with van der Waals surface area (Å²) in [5, 5.41) is 2.79. The Morgan fingerprint density at radius 3 is 2.21 bits per heavy atom. The molecule has 1 N–H and O–H groups in total. The number of rotatable bonds is 8. The number of hydrogen-bond donors (Lipinski definition) is 1. The number of imide groups is 1. The summed E-state index contributed by atoms with van der Waals surface area (Å²) in [6.45, 7) is 0. The van der Waals surface area contributed by atoms with Gasteiger partial charge >= 0.3 is 0 Å². The molecule has 0 aliphatic carbocycles. The van der Waals surface area contributed by atoms with Crippen LogP contribution in [0.1, 0.15) is 27.1 Å². The highest BCUT2D eigenvalue weighted by Crippen LogP contribution is 2.31. The van der Waals surface area contributed by atoms with Gasteiger partial charge in [-0.3, -0.25) is 19.3 Å². The van der Waals surface area contributed by atoms with Gasteiger partial charge in [-0.1, -0.05) is 12.1 Å². The lowest BCUT2D eigenvalue weighted by Crippen LogP contribution is -2.47. The van der Waals surface area contributed by atoms with Gasteiger partial charge in [0.25, 0.3) is 11.8 Å². The van der Waals surface area contributed by atoms with E-state index < -0.39 is 23.8 Å². The third-order valence-electron chi connectivity index (χ3n) is 4.69. The molecule has 0 unspecified atom stereocenters. The zero-order valence-electron chi connectivity index (χ0n) is 16.4. The number of amides is 3. The minimum Gasteiger partial charge on any atom is -0.493 e. The third-order valence-corrected chi connectivity index (χ3v) is 5.33. The molecule has 0 bridgehead atoms. The second-order valence-corrected chi connectivity index (χ2v) is 7.37. The lowest BCUT2D eigenvalue weighted by atomic mass is 10.1. The van der Waals surface area contributed by atoms with Crippen LogP contribution in [0.15, 0.2) is 42.5 Å². The Kier molecular flexibility index (Phi) is 6.43. The number of fused-ring (bicyclic) bond motifs is 1.